The molecular formula is C18H18N2O2. The van der Waals surface area contributed by atoms with Gasteiger partial charge < -0.3 is 19.5 Å². The highest BCUT2D eigenvalue weighted by Crippen LogP contribution is 2.36. The summed E-state index contributed by atoms with van der Waals surface area (Å²) in [6, 6.07) is 14.5. The van der Waals surface area contributed by atoms with E-state index in [1.807, 2.05) is 30.5 Å². The van der Waals surface area contributed by atoms with E-state index in [-0.39, 0.29) is 12.0 Å². The Morgan fingerprint density at radius 3 is 2.73 bits per heavy atom. The van der Waals surface area contributed by atoms with Crippen molar-refractivity contribution in [1.29, 1.82) is 0 Å². The van der Waals surface area contributed by atoms with Crippen molar-refractivity contribution in [3.05, 3.63) is 77.5 Å². The van der Waals surface area contributed by atoms with E-state index in [0.717, 1.165) is 18.1 Å². The second kappa shape index (κ2) is 5.39. The van der Waals surface area contributed by atoms with Crippen LogP contribution in [-0.2, 0) is 0 Å². The van der Waals surface area contributed by atoms with Gasteiger partial charge in [0, 0.05) is 18.4 Å². The number of fused-ring (bicyclic) bond motifs is 1. The average Bonchev–Trinajstić information content (AvgIpc) is 3.25. The number of hydrogen-bond acceptors (Lipinski definition) is 3. The molecule has 0 spiro atoms. The Labute approximate surface area is 129 Å². The van der Waals surface area contributed by atoms with E-state index in [4.69, 9.17) is 9.15 Å². The highest BCUT2D eigenvalue weighted by atomic mass is 16.5. The first-order chi connectivity index (χ1) is 10.9. The number of methoxy groups -OCH3 is 1. The first kappa shape index (κ1) is 13.2. The van der Waals surface area contributed by atoms with Crippen LogP contribution < -0.4 is 10.1 Å². The predicted molar refractivity (Wildman–Crippen MR) is 84.2 cm³/mol. The zero-order chi connectivity index (χ0) is 14.9. The summed E-state index contributed by atoms with van der Waals surface area (Å²) in [6.45, 7) is 0.845. The summed E-state index contributed by atoms with van der Waals surface area (Å²) >= 11 is 0. The zero-order valence-corrected chi connectivity index (χ0v) is 12.4. The van der Waals surface area contributed by atoms with Gasteiger partial charge >= 0.3 is 0 Å². The second-order valence-electron chi connectivity index (χ2n) is 5.53. The summed E-state index contributed by atoms with van der Waals surface area (Å²) in [5, 5.41) is 3.63. The minimum absolute atomic E-state index is 0.193. The molecule has 0 radical (unpaired) electrons. The van der Waals surface area contributed by atoms with Crippen molar-refractivity contribution < 1.29 is 9.15 Å². The number of aromatic amines is 1. The third kappa shape index (κ3) is 2.12. The molecule has 2 N–H and O–H groups in total. The quantitative estimate of drug-likeness (QED) is 0.778. The number of H-pyrrole nitrogens is 1. The maximum absolute atomic E-state index is 5.59. The molecule has 0 saturated heterocycles. The molecule has 1 aliphatic heterocycles. The number of rotatable bonds is 3. The Balaban J connectivity index is 1.69. The zero-order valence-electron chi connectivity index (χ0n) is 12.4. The number of ether oxygens (including phenoxy) is 1. The molecular weight excluding hydrogens is 276 g/mol. The summed E-state index contributed by atoms with van der Waals surface area (Å²) < 4.78 is 10.8. The van der Waals surface area contributed by atoms with Crippen molar-refractivity contribution in [2.45, 2.75) is 12.0 Å². The first-order valence-corrected chi connectivity index (χ1v) is 7.44. The van der Waals surface area contributed by atoms with Crippen LogP contribution in [0.4, 0.5) is 0 Å². The predicted octanol–water partition coefficient (Wildman–Crippen LogP) is 3.44. The lowest BCUT2D eigenvalue weighted by Gasteiger charge is -2.29. The van der Waals surface area contributed by atoms with Crippen LogP contribution in [0.15, 0.2) is 59.3 Å². The molecule has 22 heavy (non-hydrogen) atoms. The number of hydrogen-bond donors (Lipinski definition) is 2. The third-order valence-corrected chi connectivity index (χ3v) is 4.33. The topological polar surface area (TPSA) is 50.2 Å². The lowest BCUT2D eigenvalue weighted by Crippen LogP contribution is -2.33. The summed E-state index contributed by atoms with van der Waals surface area (Å²) in [5.74, 6) is 2.10. The number of aromatic nitrogens is 1. The summed E-state index contributed by atoms with van der Waals surface area (Å²) in [6.07, 6.45) is 3.73. The fraction of sp³-hybridized carbons (Fsp3) is 0.222. The van der Waals surface area contributed by atoms with Crippen LogP contribution >= 0.6 is 0 Å². The SMILES string of the molecule is COc1ccc(C2NCC(c3ccco3)c3[nH]ccc32)cc1. The van der Waals surface area contributed by atoms with E-state index in [1.165, 1.54) is 16.8 Å². The van der Waals surface area contributed by atoms with E-state index in [1.54, 1.807) is 13.4 Å². The first-order valence-electron chi connectivity index (χ1n) is 7.44. The number of furan rings is 1. The minimum Gasteiger partial charge on any atom is -0.497 e. The molecule has 2 unspecified atom stereocenters. The van der Waals surface area contributed by atoms with Gasteiger partial charge in [0.05, 0.1) is 25.3 Å². The highest BCUT2D eigenvalue weighted by Gasteiger charge is 2.31. The van der Waals surface area contributed by atoms with Crippen molar-refractivity contribution in [2.75, 3.05) is 13.7 Å². The lowest BCUT2D eigenvalue weighted by molar-refractivity contribution is 0.414. The van der Waals surface area contributed by atoms with E-state index in [2.05, 4.69) is 28.5 Å². The summed E-state index contributed by atoms with van der Waals surface area (Å²) in [7, 11) is 1.69. The van der Waals surface area contributed by atoms with Crippen LogP contribution in [0, 0.1) is 0 Å². The standard InChI is InChI=1S/C18H18N2O2/c1-21-13-6-4-12(5-7-13)17-14-8-9-19-18(14)15(11-20-17)16-3-2-10-22-16/h2-10,15,17,19-20H,11H2,1H3. The van der Waals surface area contributed by atoms with Crippen LogP contribution in [-0.4, -0.2) is 18.6 Å². The van der Waals surface area contributed by atoms with Gasteiger partial charge in [-0.1, -0.05) is 12.1 Å². The Morgan fingerprint density at radius 1 is 1.14 bits per heavy atom. The van der Waals surface area contributed by atoms with E-state index in [9.17, 15) is 0 Å². The molecule has 1 aromatic carbocycles. The van der Waals surface area contributed by atoms with Crippen LogP contribution in [0.5, 0.6) is 5.75 Å². The Bertz CT molecular complexity index is 744. The lowest BCUT2D eigenvalue weighted by atomic mass is 9.88. The number of nitrogens with one attached hydrogen (secondary N) is 2. The van der Waals surface area contributed by atoms with Crippen molar-refractivity contribution in [3.63, 3.8) is 0 Å². The molecule has 3 aromatic rings. The van der Waals surface area contributed by atoms with Gasteiger partial charge in [-0.2, -0.15) is 0 Å². The Kier molecular flexibility index (Phi) is 3.24. The third-order valence-electron chi connectivity index (χ3n) is 4.33. The maximum Gasteiger partial charge on any atom is 0.118 e. The summed E-state index contributed by atoms with van der Waals surface area (Å²) in [5.41, 5.74) is 3.74. The second-order valence-corrected chi connectivity index (χ2v) is 5.53. The van der Waals surface area contributed by atoms with Gasteiger partial charge in [-0.25, -0.2) is 0 Å². The van der Waals surface area contributed by atoms with Crippen molar-refractivity contribution in [3.8, 4) is 5.75 Å². The molecule has 2 atom stereocenters. The average molecular weight is 294 g/mol. The van der Waals surface area contributed by atoms with Crippen LogP contribution in [0.2, 0.25) is 0 Å². The van der Waals surface area contributed by atoms with Gasteiger partial charge in [-0.3, -0.25) is 0 Å². The van der Waals surface area contributed by atoms with Crippen LogP contribution in [0.25, 0.3) is 0 Å². The fourth-order valence-corrected chi connectivity index (χ4v) is 3.22. The molecule has 0 bridgehead atoms. The largest absolute Gasteiger partial charge is 0.497 e. The summed E-state index contributed by atoms with van der Waals surface area (Å²) in [4.78, 5) is 3.39. The normalized spacial score (nSPS) is 20.6. The number of benzene rings is 1. The minimum atomic E-state index is 0.193. The Hall–Kier alpha value is -2.46. The maximum atomic E-state index is 5.59. The molecule has 0 fully saturated rings. The van der Waals surface area contributed by atoms with Gasteiger partial charge in [-0.05, 0) is 41.5 Å². The van der Waals surface area contributed by atoms with Crippen molar-refractivity contribution in [2.24, 2.45) is 0 Å². The molecule has 0 aliphatic carbocycles. The van der Waals surface area contributed by atoms with Gasteiger partial charge in [0.2, 0.25) is 0 Å². The highest BCUT2D eigenvalue weighted by molar-refractivity contribution is 5.42. The van der Waals surface area contributed by atoms with Crippen LogP contribution in [0.3, 0.4) is 0 Å². The van der Waals surface area contributed by atoms with Crippen LogP contribution in [0.1, 0.15) is 34.5 Å². The van der Waals surface area contributed by atoms with E-state index >= 15 is 0 Å². The molecule has 112 valence electrons. The molecule has 4 heteroatoms. The van der Waals surface area contributed by atoms with Gasteiger partial charge in [0.25, 0.3) is 0 Å². The molecule has 1 aliphatic rings. The van der Waals surface area contributed by atoms with E-state index in [0.29, 0.717) is 0 Å². The molecule has 2 aromatic heterocycles. The molecule has 0 amide bonds. The fourth-order valence-electron chi connectivity index (χ4n) is 3.22. The van der Waals surface area contributed by atoms with Gasteiger partial charge in [-0.15, -0.1) is 0 Å². The molecule has 0 saturated carbocycles. The van der Waals surface area contributed by atoms with Crippen molar-refractivity contribution in [1.82, 2.24) is 10.3 Å². The molecule has 3 heterocycles. The Morgan fingerprint density at radius 2 is 2.00 bits per heavy atom. The van der Waals surface area contributed by atoms with Gasteiger partial charge in [0.1, 0.15) is 11.5 Å². The monoisotopic (exact) mass is 294 g/mol. The molecule has 4 nitrogen and oxygen atoms in total. The van der Waals surface area contributed by atoms with Crippen molar-refractivity contribution >= 4 is 0 Å². The smallest absolute Gasteiger partial charge is 0.118 e. The molecule has 4 rings (SSSR count). The van der Waals surface area contributed by atoms with Gasteiger partial charge in [0.15, 0.2) is 0 Å². The van der Waals surface area contributed by atoms with E-state index < -0.39 is 0 Å².